The average molecular weight is 584 g/mol. The fourth-order valence-corrected chi connectivity index (χ4v) is 9.48. The van der Waals surface area contributed by atoms with Crippen molar-refractivity contribution in [1.82, 2.24) is 4.57 Å². The maximum Gasteiger partial charge on any atom is 0.101 e. The predicted octanol–water partition coefficient (Wildman–Crippen LogP) is 10.7. The molecular formula is C38H21N3S2. The Bertz CT molecular complexity index is 2590. The van der Waals surface area contributed by atoms with Crippen molar-refractivity contribution in [2.45, 2.75) is 12.8 Å². The SMILES string of the molecule is N#Cc1ccc2c3ccccc3n(-c3cccc4c3sc3c(C#N)ccc(-c5cccc6c7c(sc56)CCC=C7)c34)c2c1. The number of benzene rings is 5. The summed E-state index contributed by atoms with van der Waals surface area (Å²) in [5.41, 5.74) is 8.24. The summed E-state index contributed by atoms with van der Waals surface area (Å²) in [6, 6.07) is 36.4. The van der Waals surface area contributed by atoms with Crippen molar-refractivity contribution in [3.8, 4) is 29.0 Å². The molecule has 0 N–H and O–H groups in total. The van der Waals surface area contributed by atoms with Crippen molar-refractivity contribution < 1.29 is 0 Å². The van der Waals surface area contributed by atoms with Gasteiger partial charge < -0.3 is 4.57 Å². The van der Waals surface area contributed by atoms with Crippen molar-refractivity contribution >= 4 is 80.8 Å². The van der Waals surface area contributed by atoms with E-state index in [1.54, 1.807) is 11.3 Å². The number of hydrogen-bond donors (Lipinski definition) is 0. The standard InChI is InChI=1S/C38H21N3S2/c39-20-22-15-17-25-24-7-1-3-12-31(24)41(33(25)19-22)32-13-6-11-30-35-27(18-16-23(21-40)36(35)43-38(30)32)29-10-5-9-28-26-8-2-4-14-34(26)42-37(28)29/h1-3,5-13,15-19H,4,14H2. The number of aromatic nitrogens is 1. The van der Waals surface area contributed by atoms with Gasteiger partial charge in [-0.1, -0.05) is 72.8 Å². The van der Waals surface area contributed by atoms with Gasteiger partial charge in [-0.2, -0.15) is 10.5 Å². The molecule has 43 heavy (non-hydrogen) atoms. The van der Waals surface area contributed by atoms with Crippen LogP contribution in [-0.4, -0.2) is 4.57 Å². The van der Waals surface area contributed by atoms with E-state index >= 15 is 0 Å². The van der Waals surface area contributed by atoms with Gasteiger partial charge in [0.05, 0.1) is 43.3 Å². The van der Waals surface area contributed by atoms with E-state index in [-0.39, 0.29) is 0 Å². The summed E-state index contributed by atoms with van der Waals surface area (Å²) in [5, 5.41) is 25.8. The summed E-state index contributed by atoms with van der Waals surface area (Å²) in [7, 11) is 0. The molecule has 0 saturated heterocycles. The van der Waals surface area contributed by atoms with E-state index in [2.05, 4.69) is 102 Å². The lowest BCUT2D eigenvalue weighted by atomic mass is 9.95. The Hall–Kier alpha value is -5.20. The van der Waals surface area contributed by atoms with E-state index < -0.39 is 0 Å². The van der Waals surface area contributed by atoms with E-state index in [1.807, 2.05) is 29.5 Å². The third kappa shape index (κ3) is 3.38. The number of allylic oxidation sites excluding steroid dienone is 1. The molecule has 3 aromatic heterocycles. The monoisotopic (exact) mass is 583 g/mol. The van der Waals surface area contributed by atoms with E-state index in [4.69, 9.17) is 0 Å². The van der Waals surface area contributed by atoms with Crippen LogP contribution < -0.4 is 0 Å². The minimum absolute atomic E-state index is 0.635. The summed E-state index contributed by atoms with van der Waals surface area (Å²) in [4.78, 5) is 1.45. The molecule has 0 spiro atoms. The molecule has 0 unspecified atom stereocenters. The van der Waals surface area contributed by atoms with Gasteiger partial charge in [0.15, 0.2) is 0 Å². The van der Waals surface area contributed by atoms with Gasteiger partial charge in [-0.3, -0.25) is 0 Å². The molecule has 9 rings (SSSR count). The average Bonchev–Trinajstić information content (AvgIpc) is 3.74. The van der Waals surface area contributed by atoms with Crippen molar-refractivity contribution in [2.75, 3.05) is 0 Å². The number of para-hydroxylation sites is 1. The Balaban J connectivity index is 1.40. The van der Waals surface area contributed by atoms with Gasteiger partial charge in [0.1, 0.15) is 6.07 Å². The van der Waals surface area contributed by atoms with Gasteiger partial charge in [0.2, 0.25) is 0 Å². The second kappa shape index (κ2) is 9.15. The molecule has 0 radical (unpaired) electrons. The number of rotatable bonds is 2. The molecular weight excluding hydrogens is 563 g/mol. The molecule has 5 aromatic carbocycles. The third-order valence-corrected chi connectivity index (χ3v) is 11.3. The minimum atomic E-state index is 0.635. The van der Waals surface area contributed by atoms with Gasteiger partial charge in [0.25, 0.3) is 0 Å². The number of hydrogen-bond acceptors (Lipinski definition) is 4. The van der Waals surface area contributed by atoms with Crippen LogP contribution in [0.1, 0.15) is 28.0 Å². The maximum absolute atomic E-state index is 10.2. The molecule has 5 heteroatoms. The topological polar surface area (TPSA) is 52.5 Å². The van der Waals surface area contributed by atoms with Crippen molar-refractivity contribution in [3.63, 3.8) is 0 Å². The van der Waals surface area contributed by atoms with Crippen LogP contribution in [0.2, 0.25) is 0 Å². The normalized spacial score (nSPS) is 12.8. The van der Waals surface area contributed by atoms with Gasteiger partial charge in [-0.25, -0.2) is 0 Å². The first-order valence-corrected chi connectivity index (χ1v) is 15.9. The van der Waals surface area contributed by atoms with E-state index in [0.29, 0.717) is 11.1 Å². The Labute approximate surface area is 255 Å². The van der Waals surface area contributed by atoms with Gasteiger partial charge in [-0.05, 0) is 54.3 Å². The van der Waals surface area contributed by atoms with E-state index in [9.17, 15) is 10.5 Å². The Morgan fingerprint density at radius 1 is 0.651 bits per heavy atom. The van der Waals surface area contributed by atoms with Crippen LogP contribution in [0.25, 0.3) is 75.0 Å². The second-order valence-electron chi connectivity index (χ2n) is 11.0. The van der Waals surface area contributed by atoms with Gasteiger partial charge >= 0.3 is 0 Å². The maximum atomic E-state index is 10.2. The summed E-state index contributed by atoms with van der Waals surface area (Å²) in [6.07, 6.45) is 6.74. The predicted molar refractivity (Wildman–Crippen MR) is 181 cm³/mol. The molecule has 0 fully saturated rings. The summed E-state index contributed by atoms with van der Waals surface area (Å²) < 4.78 is 5.74. The summed E-state index contributed by atoms with van der Waals surface area (Å²) in [5.74, 6) is 0. The molecule has 0 saturated carbocycles. The van der Waals surface area contributed by atoms with Crippen molar-refractivity contribution in [3.05, 3.63) is 119 Å². The van der Waals surface area contributed by atoms with Crippen LogP contribution in [0, 0.1) is 22.7 Å². The highest BCUT2D eigenvalue weighted by Crippen LogP contribution is 2.48. The Morgan fingerprint density at radius 3 is 2.40 bits per heavy atom. The number of fused-ring (bicyclic) bond motifs is 9. The van der Waals surface area contributed by atoms with Crippen molar-refractivity contribution in [1.29, 1.82) is 10.5 Å². The Morgan fingerprint density at radius 2 is 1.49 bits per heavy atom. The molecule has 3 nitrogen and oxygen atoms in total. The number of nitrogens with zero attached hydrogens (tertiary/aromatic N) is 3. The number of aryl methyl sites for hydroxylation is 1. The quantitative estimate of drug-likeness (QED) is 0.203. The second-order valence-corrected chi connectivity index (χ2v) is 13.1. The first-order chi connectivity index (χ1) is 21.2. The highest BCUT2D eigenvalue weighted by atomic mass is 32.1. The molecule has 8 aromatic rings. The van der Waals surface area contributed by atoms with Crippen LogP contribution in [0.4, 0.5) is 0 Å². The number of thiophene rings is 2. The first kappa shape index (κ1) is 24.4. The van der Waals surface area contributed by atoms with Crippen LogP contribution in [0.5, 0.6) is 0 Å². The Kier molecular flexibility index (Phi) is 5.19. The van der Waals surface area contributed by atoms with Gasteiger partial charge in [-0.15, -0.1) is 22.7 Å². The van der Waals surface area contributed by atoms with E-state index in [0.717, 1.165) is 60.5 Å². The zero-order valence-corrected chi connectivity index (χ0v) is 24.5. The van der Waals surface area contributed by atoms with Crippen molar-refractivity contribution in [2.24, 2.45) is 0 Å². The van der Waals surface area contributed by atoms with Crippen LogP contribution in [-0.2, 0) is 6.42 Å². The molecule has 3 heterocycles. The number of nitriles is 2. The van der Waals surface area contributed by atoms with E-state index in [1.165, 1.54) is 31.7 Å². The first-order valence-electron chi connectivity index (χ1n) is 14.3. The molecule has 200 valence electrons. The molecule has 0 aliphatic heterocycles. The largest absolute Gasteiger partial charge is 0.308 e. The van der Waals surface area contributed by atoms with Gasteiger partial charge in [0, 0.05) is 42.1 Å². The smallest absolute Gasteiger partial charge is 0.101 e. The van der Waals surface area contributed by atoms with Crippen LogP contribution >= 0.6 is 22.7 Å². The third-order valence-electron chi connectivity index (χ3n) is 8.73. The van der Waals surface area contributed by atoms with Crippen LogP contribution in [0.3, 0.4) is 0 Å². The molecule has 1 aliphatic rings. The zero-order chi connectivity index (χ0) is 28.7. The highest BCUT2D eigenvalue weighted by Gasteiger charge is 2.22. The lowest BCUT2D eigenvalue weighted by Gasteiger charge is -2.10. The molecule has 0 amide bonds. The van der Waals surface area contributed by atoms with Crippen LogP contribution in [0.15, 0.2) is 97.1 Å². The summed E-state index contributed by atoms with van der Waals surface area (Å²) in [6.45, 7) is 0. The zero-order valence-electron chi connectivity index (χ0n) is 22.9. The molecule has 0 bridgehead atoms. The molecule has 0 atom stereocenters. The lowest BCUT2D eigenvalue weighted by molar-refractivity contribution is 1.02. The highest BCUT2D eigenvalue weighted by molar-refractivity contribution is 7.26. The minimum Gasteiger partial charge on any atom is -0.308 e. The molecule has 1 aliphatic carbocycles. The lowest BCUT2D eigenvalue weighted by Crippen LogP contribution is -1.94. The fraction of sp³-hybridized carbons (Fsp3) is 0.0526. The summed E-state index contributed by atoms with van der Waals surface area (Å²) >= 11 is 3.60. The fourth-order valence-electron chi connectivity index (χ4n) is 6.86.